The molecule has 0 aliphatic rings. The molecule has 1 aromatic carbocycles. The van der Waals surface area contributed by atoms with Crippen LogP contribution in [0.15, 0.2) is 30.5 Å². The summed E-state index contributed by atoms with van der Waals surface area (Å²) < 4.78 is 50.8. The monoisotopic (exact) mass is 305 g/mol. The first kappa shape index (κ1) is 15.5. The molecule has 0 fully saturated rings. The van der Waals surface area contributed by atoms with Crippen LogP contribution in [0.4, 0.5) is 0 Å². The van der Waals surface area contributed by atoms with Crippen molar-refractivity contribution in [2.75, 3.05) is 19.6 Å². The van der Waals surface area contributed by atoms with Crippen molar-refractivity contribution in [1.82, 2.24) is 3.71 Å². The van der Waals surface area contributed by atoms with Gasteiger partial charge in [0.2, 0.25) is 20.0 Å². The minimum absolute atomic E-state index is 0.324. The first-order valence-electron chi connectivity index (χ1n) is 5.16. The number of hydrogen-bond acceptors (Lipinski definition) is 5. The van der Waals surface area contributed by atoms with E-state index in [9.17, 15) is 16.8 Å². The molecule has 0 saturated carbocycles. The first-order valence-corrected chi connectivity index (χ1v) is 8.86. The molecule has 0 N–H and O–H groups in total. The maximum atomic E-state index is 11.4. The second-order valence-corrected chi connectivity index (χ2v) is 7.79. The minimum Gasteiger partial charge on any atom is -0.497 e. The van der Waals surface area contributed by atoms with Gasteiger partial charge in [-0.2, -0.15) is 3.71 Å². The zero-order valence-corrected chi connectivity index (χ0v) is 12.4. The lowest BCUT2D eigenvalue weighted by molar-refractivity contribution is 0.415. The molecule has 0 amide bonds. The Balaban J connectivity index is 3.06. The number of methoxy groups -OCH3 is 1. The summed E-state index contributed by atoms with van der Waals surface area (Å²) in [6, 6.07) is 6.73. The zero-order valence-electron chi connectivity index (χ0n) is 10.8. The summed E-state index contributed by atoms with van der Waals surface area (Å²) in [5.41, 5.74) is 0.651. The summed E-state index contributed by atoms with van der Waals surface area (Å²) in [6.07, 6.45) is 4.05. The summed E-state index contributed by atoms with van der Waals surface area (Å²) >= 11 is 0. The van der Waals surface area contributed by atoms with Crippen LogP contribution in [0.5, 0.6) is 5.75 Å². The third-order valence-corrected chi connectivity index (χ3v) is 5.33. The minimum atomic E-state index is -3.87. The molecule has 0 unspecified atom stereocenters. The van der Waals surface area contributed by atoms with Gasteiger partial charge in [-0.25, -0.2) is 16.8 Å². The van der Waals surface area contributed by atoms with Crippen molar-refractivity contribution < 1.29 is 21.6 Å². The molecular formula is C11H15NO5S2. The number of nitrogens with zero attached hydrogens (tertiary/aromatic N) is 1. The molecule has 1 rings (SSSR count). The van der Waals surface area contributed by atoms with Crippen LogP contribution >= 0.6 is 0 Å². The van der Waals surface area contributed by atoms with Crippen LogP contribution < -0.4 is 4.74 Å². The van der Waals surface area contributed by atoms with Gasteiger partial charge in [0.1, 0.15) is 5.75 Å². The summed E-state index contributed by atoms with van der Waals surface area (Å²) in [6.45, 7) is 0. The first-order chi connectivity index (χ1) is 8.64. The van der Waals surface area contributed by atoms with Gasteiger partial charge in [-0.15, -0.1) is 0 Å². The van der Waals surface area contributed by atoms with Crippen LogP contribution in [0.3, 0.4) is 0 Å². The Labute approximate surface area is 113 Å². The SMILES string of the molecule is COc1ccc(/C=C/N(S(C)(=O)=O)S(C)(=O)=O)cc1. The maximum Gasteiger partial charge on any atom is 0.244 e. The van der Waals surface area contributed by atoms with Crippen LogP contribution in [0.1, 0.15) is 5.56 Å². The van der Waals surface area contributed by atoms with E-state index in [4.69, 9.17) is 4.74 Å². The van der Waals surface area contributed by atoms with Gasteiger partial charge in [0.15, 0.2) is 0 Å². The molecule has 0 radical (unpaired) electrons. The lowest BCUT2D eigenvalue weighted by atomic mass is 10.2. The van der Waals surface area contributed by atoms with Crippen molar-refractivity contribution in [2.45, 2.75) is 0 Å². The highest BCUT2D eigenvalue weighted by Crippen LogP contribution is 2.14. The molecule has 1 aromatic rings. The number of benzene rings is 1. The van der Waals surface area contributed by atoms with Gasteiger partial charge in [-0.05, 0) is 23.8 Å². The predicted molar refractivity (Wildman–Crippen MR) is 73.6 cm³/mol. The fourth-order valence-electron chi connectivity index (χ4n) is 1.33. The molecule has 0 aliphatic heterocycles. The van der Waals surface area contributed by atoms with Gasteiger partial charge < -0.3 is 4.74 Å². The fourth-order valence-corrected chi connectivity index (χ4v) is 3.86. The maximum absolute atomic E-state index is 11.4. The van der Waals surface area contributed by atoms with Crippen molar-refractivity contribution in [3.8, 4) is 5.75 Å². The van der Waals surface area contributed by atoms with E-state index in [0.29, 0.717) is 15.0 Å². The van der Waals surface area contributed by atoms with E-state index in [1.54, 1.807) is 24.3 Å². The molecule has 19 heavy (non-hydrogen) atoms. The molecular weight excluding hydrogens is 290 g/mol. The van der Waals surface area contributed by atoms with E-state index < -0.39 is 20.0 Å². The second kappa shape index (κ2) is 5.62. The van der Waals surface area contributed by atoms with Crippen molar-refractivity contribution in [3.63, 3.8) is 0 Å². The highest BCUT2D eigenvalue weighted by Gasteiger charge is 2.22. The third-order valence-electron chi connectivity index (χ3n) is 2.16. The molecule has 0 saturated heterocycles. The van der Waals surface area contributed by atoms with Crippen molar-refractivity contribution in [2.24, 2.45) is 0 Å². The number of rotatable bonds is 5. The summed E-state index contributed by atoms with van der Waals surface area (Å²) in [5.74, 6) is 0.653. The largest absolute Gasteiger partial charge is 0.497 e. The van der Waals surface area contributed by atoms with Gasteiger partial charge in [0.05, 0.1) is 19.6 Å². The lowest BCUT2D eigenvalue weighted by Crippen LogP contribution is -2.30. The summed E-state index contributed by atoms with van der Waals surface area (Å²) in [5, 5.41) is 0. The molecule has 0 aromatic heterocycles. The lowest BCUT2D eigenvalue weighted by Gasteiger charge is -2.14. The van der Waals surface area contributed by atoms with E-state index in [-0.39, 0.29) is 0 Å². The average Bonchev–Trinajstić information content (AvgIpc) is 2.26. The standard InChI is InChI=1S/C11H15NO5S2/c1-17-11-6-4-10(5-7-11)8-9-12(18(2,13)14)19(3,15)16/h4-9H,1-3H3/b9-8+. The van der Waals surface area contributed by atoms with Gasteiger partial charge in [-0.3, -0.25) is 0 Å². The second-order valence-electron chi connectivity index (χ2n) is 3.84. The molecule has 0 bridgehead atoms. The Hall–Kier alpha value is -1.54. The third kappa shape index (κ3) is 4.56. The van der Waals surface area contributed by atoms with Crippen LogP contribution in [0.2, 0.25) is 0 Å². The summed E-state index contributed by atoms with van der Waals surface area (Å²) in [7, 11) is -6.22. The van der Waals surface area contributed by atoms with Gasteiger partial charge in [0.25, 0.3) is 0 Å². The van der Waals surface area contributed by atoms with Crippen molar-refractivity contribution >= 4 is 26.1 Å². The topological polar surface area (TPSA) is 80.8 Å². The predicted octanol–water partition coefficient (Wildman–Crippen LogP) is 0.887. The molecule has 6 nitrogen and oxygen atoms in total. The molecule has 106 valence electrons. The van der Waals surface area contributed by atoms with Crippen molar-refractivity contribution in [1.29, 1.82) is 0 Å². The van der Waals surface area contributed by atoms with Gasteiger partial charge >= 0.3 is 0 Å². The summed E-state index contributed by atoms with van der Waals surface area (Å²) in [4.78, 5) is 0. The Kier molecular flexibility index (Phi) is 4.59. The average molecular weight is 305 g/mol. The van der Waals surface area contributed by atoms with E-state index in [1.165, 1.54) is 13.2 Å². The van der Waals surface area contributed by atoms with Crippen LogP contribution in [0.25, 0.3) is 6.08 Å². The molecule has 0 spiro atoms. The molecule has 0 atom stereocenters. The fraction of sp³-hybridized carbons (Fsp3) is 0.273. The Bertz CT molecular complexity index is 628. The van der Waals surface area contributed by atoms with E-state index in [2.05, 4.69) is 0 Å². The normalized spacial score (nSPS) is 12.6. The van der Waals surface area contributed by atoms with Crippen LogP contribution in [-0.2, 0) is 20.0 Å². The van der Waals surface area contributed by atoms with Gasteiger partial charge in [-0.1, -0.05) is 12.1 Å². The number of hydrogen-bond donors (Lipinski definition) is 0. The Morgan fingerprint density at radius 1 is 1.00 bits per heavy atom. The van der Waals surface area contributed by atoms with Crippen LogP contribution in [0, 0.1) is 0 Å². The number of ether oxygens (including phenoxy) is 1. The quantitative estimate of drug-likeness (QED) is 0.807. The number of sulfonamides is 2. The molecule has 8 heteroatoms. The van der Waals surface area contributed by atoms with Crippen LogP contribution in [-0.4, -0.2) is 40.2 Å². The van der Waals surface area contributed by atoms with E-state index >= 15 is 0 Å². The van der Waals surface area contributed by atoms with E-state index in [0.717, 1.165) is 18.7 Å². The molecule has 0 aliphatic carbocycles. The van der Waals surface area contributed by atoms with Crippen molar-refractivity contribution in [3.05, 3.63) is 36.0 Å². The van der Waals surface area contributed by atoms with E-state index in [1.807, 2.05) is 0 Å². The zero-order chi connectivity index (χ0) is 14.7. The Morgan fingerprint density at radius 2 is 1.47 bits per heavy atom. The highest BCUT2D eigenvalue weighted by molar-refractivity contribution is 8.03. The molecule has 0 heterocycles. The Morgan fingerprint density at radius 3 is 1.84 bits per heavy atom. The smallest absolute Gasteiger partial charge is 0.244 e. The highest BCUT2D eigenvalue weighted by atomic mass is 32.3. The van der Waals surface area contributed by atoms with Gasteiger partial charge in [0, 0.05) is 6.20 Å².